The molecule has 8 heteroatoms. The van der Waals surface area contributed by atoms with Gasteiger partial charge in [0.1, 0.15) is 5.75 Å². The molecule has 1 aliphatic heterocycles. The van der Waals surface area contributed by atoms with Crippen LogP contribution in [0.4, 0.5) is 5.69 Å². The van der Waals surface area contributed by atoms with Crippen LogP contribution in [-0.4, -0.2) is 75.0 Å². The summed E-state index contributed by atoms with van der Waals surface area (Å²) in [6.07, 6.45) is 0.529. The number of halogens is 1. The molecular formula is C17H25ClN4O3. The third-order valence-electron chi connectivity index (χ3n) is 4.34. The summed E-state index contributed by atoms with van der Waals surface area (Å²) in [6, 6.07) is 3.07. The molecular weight excluding hydrogens is 344 g/mol. The van der Waals surface area contributed by atoms with Gasteiger partial charge < -0.3 is 25.2 Å². The van der Waals surface area contributed by atoms with E-state index >= 15 is 0 Å². The van der Waals surface area contributed by atoms with Crippen molar-refractivity contribution in [2.45, 2.75) is 13.0 Å². The Morgan fingerprint density at radius 1 is 1.40 bits per heavy atom. The van der Waals surface area contributed by atoms with Gasteiger partial charge in [-0.25, -0.2) is 0 Å². The second-order valence-electron chi connectivity index (χ2n) is 6.12. The predicted molar refractivity (Wildman–Crippen MR) is 98.6 cm³/mol. The van der Waals surface area contributed by atoms with Gasteiger partial charge in [-0.2, -0.15) is 0 Å². The van der Waals surface area contributed by atoms with E-state index in [1.54, 1.807) is 6.07 Å². The van der Waals surface area contributed by atoms with Crippen molar-refractivity contribution in [2.75, 3.05) is 52.2 Å². The van der Waals surface area contributed by atoms with Crippen molar-refractivity contribution in [3.63, 3.8) is 0 Å². The number of likely N-dealkylation sites (N-methyl/N-ethyl adjacent to an activating group) is 2. The zero-order chi connectivity index (χ0) is 18.4. The maximum atomic E-state index is 12.8. The van der Waals surface area contributed by atoms with Crippen LogP contribution in [0.2, 0.25) is 5.02 Å². The number of anilines is 1. The number of nitrogens with one attached hydrogen (secondary N) is 2. The van der Waals surface area contributed by atoms with Gasteiger partial charge in [-0.3, -0.25) is 9.59 Å². The van der Waals surface area contributed by atoms with Crippen molar-refractivity contribution in [3.05, 3.63) is 22.7 Å². The molecule has 1 atom stereocenters. The smallest absolute Gasteiger partial charge is 0.255 e. The molecule has 2 N–H and O–H groups in total. The van der Waals surface area contributed by atoms with Crippen LogP contribution >= 0.6 is 11.6 Å². The van der Waals surface area contributed by atoms with E-state index in [2.05, 4.69) is 34.4 Å². The summed E-state index contributed by atoms with van der Waals surface area (Å²) in [5.41, 5.74) is 0.746. The number of carbonyl (C=O) groups is 2. The monoisotopic (exact) mass is 368 g/mol. The number of carbonyl (C=O) groups excluding carboxylic acids is 2. The van der Waals surface area contributed by atoms with E-state index in [1.807, 2.05) is 0 Å². The molecule has 0 bridgehead atoms. The van der Waals surface area contributed by atoms with Gasteiger partial charge in [0, 0.05) is 32.2 Å². The number of benzene rings is 1. The Hall–Kier alpha value is -1.83. The van der Waals surface area contributed by atoms with Gasteiger partial charge >= 0.3 is 0 Å². The highest BCUT2D eigenvalue weighted by atomic mass is 35.5. The summed E-state index contributed by atoms with van der Waals surface area (Å²) < 4.78 is 5.29. The average molecular weight is 369 g/mol. The minimum absolute atomic E-state index is 0.0104. The van der Waals surface area contributed by atoms with Crippen LogP contribution in [0.3, 0.4) is 0 Å². The van der Waals surface area contributed by atoms with Gasteiger partial charge in [-0.05, 0) is 19.7 Å². The molecule has 1 aromatic carbocycles. The third kappa shape index (κ3) is 5.07. The molecule has 7 nitrogen and oxygen atoms in total. The molecule has 1 fully saturated rings. The standard InChI is InChI=1S/C17H25ClN4O3/c1-4-22-6-5-21(2)9-12(10-22)20-17(24)13-7-14(18)15(19-11-23)8-16(13)25-3/h7-8,11-12H,4-6,9-10H2,1-3H3,(H,19,23)(H,20,24). The largest absolute Gasteiger partial charge is 0.496 e. The Labute approximate surface area is 153 Å². The van der Waals surface area contributed by atoms with E-state index in [4.69, 9.17) is 16.3 Å². The van der Waals surface area contributed by atoms with E-state index in [0.29, 0.717) is 23.4 Å². The number of rotatable bonds is 6. The van der Waals surface area contributed by atoms with Crippen molar-refractivity contribution >= 4 is 29.6 Å². The number of hydrogen-bond acceptors (Lipinski definition) is 5. The lowest BCUT2D eigenvalue weighted by Gasteiger charge is -2.24. The van der Waals surface area contributed by atoms with Gasteiger partial charge in [-0.15, -0.1) is 0 Å². The van der Waals surface area contributed by atoms with Crippen LogP contribution in [0.15, 0.2) is 12.1 Å². The molecule has 2 rings (SSSR count). The second kappa shape index (κ2) is 9.03. The summed E-state index contributed by atoms with van der Waals surface area (Å²) in [4.78, 5) is 27.9. The molecule has 0 spiro atoms. The molecule has 1 unspecified atom stereocenters. The molecule has 0 saturated carbocycles. The van der Waals surface area contributed by atoms with Crippen molar-refractivity contribution in [1.29, 1.82) is 0 Å². The highest BCUT2D eigenvalue weighted by Gasteiger charge is 2.24. The Bertz CT molecular complexity index is 626. The van der Waals surface area contributed by atoms with Crippen LogP contribution in [0, 0.1) is 0 Å². The van der Waals surface area contributed by atoms with E-state index in [0.717, 1.165) is 32.7 Å². The minimum atomic E-state index is -0.243. The van der Waals surface area contributed by atoms with E-state index in [1.165, 1.54) is 13.2 Å². The molecule has 1 saturated heterocycles. The van der Waals surface area contributed by atoms with Gasteiger partial charge in [0.25, 0.3) is 5.91 Å². The molecule has 25 heavy (non-hydrogen) atoms. The first-order valence-electron chi connectivity index (χ1n) is 8.28. The van der Waals surface area contributed by atoms with Crippen molar-refractivity contribution < 1.29 is 14.3 Å². The number of nitrogens with zero attached hydrogens (tertiary/aromatic N) is 2. The summed E-state index contributed by atoms with van der Waals surface area (Å²) in [5.74, 6) is 0.119. The molecule has 1 aliphatic rings. The van der Waals surface area contributed by atoms with Crippen molar-refractivity contribution in [2.24, 2.45) is 0 Å². The molecule has 0 aromatic heterocycles. The molecule has 0 radical (unpaired) electrons. The summed E-state index contributed by atoms with van der Waals surface area (Å²) in [7, 11) is 3.53. The quantitative estimate of drug-likeness (QED) is 0.740. The normalized spacial score (nSPS) is 19.1. The molecule has 0 aliphatic carbocycles. The highest BCUT2D eigenvalue weighted by molar-refractivity contribution is 6.34. The number of amides is 2. The maximum absolute atomic E-state index is 12.8. The number of hydrogen-bond donors (Lipinski definition) is 2. The second-order valence-corrected chi connectivity index (χ2v) is 6.53. The summed E-state index contributed by atoms with van der Waals surface area (Å²) in [5, 5.41) is 5.84. The lowest BCUT2D eigenvalue weighted by atomic mass is 10.1. The fourth-order valence-corrected chi connectivity index (χ4v) is 3.17. The highest BCUT2D eigenvalue weighted by Crippen LogP contribution is 2.30. The topological polar surface area (TPSA) is 73.9 Å². The zero-order valence-electron chi connectivity index (χ0n) is 14.8. The minimum Gasteiger partial charge on any atom is -0.496 e. The lowest BCUT2D eigenvalue weighted by molar-refractivity contribution is -0.105. The Kier molecular flexibility index (Phi) is 7.04. The van der Waals surface area contributed by atoms with E-state index in [-0.39, 0.29) is 17.0 Å². The summed E-state index contributed by atoms with van der Waals surface area (Å²) >= 11 is 6.15. The Morgan fingerprint density at radius 3 is 2.80 bits per heavy atom. The third-order valence-corrected chi connectivity index (χ3v) is 4.65. The Morgan fingerprint density at radius 2 is 2.16 bits per heavy atom. The molecule has 2 amide bonds. The van der Waals surface area contributed by atoms with Crippen LogP contribution in [0.5, 0.6) is 5.75 Å². The predicted octanol–water partition coefficient (Wildman–Crippen LogP) is 1.28. The fourth-order valence-electron chi connectivity index (χ4n) is 2.96. The van der Waals surface area contributed by atoms with Crippen molar-refractivity contribution in [3.8, 4) is 5.75 Å². The fraction of sp³-hybridized carbons (Fsp3) is 0.529. The van der Waals surface area contributed by atoms with Gasteiger partial charge in [0.05, 0.1) is 29.4 Å². The average Bonchev–Trinajstić information content (AvgIpc) is 2.77. The van der Waals surface area contributed by atoms with Crippen molar-refractivity contribution in [1.82, 2.24) is 15.1 Å². The van der Waals surface area contributed by atoms with Crippen LogP contribution in [-0.2, 0) is 4.79 Å². The SMILES string of the molecule is CCN1CCN(C)CC(NC(=O)c2cc(Cl)c(NC=O)cc2OC)C1. The zero-order valence-corrected chi connectivity index (χ0v) is 15.6. The molecule has 138 valence electrons. The first-order chi connectivity index (χ1) is 12.0. The molecule has 1 heterocycles. The van der Waals surface area contributed by atoms with Gasteiger partial charge in [0.2, 0.25) is 6.41 Å². The number of methoxy groups -OCH3 is 1. The van der Waals surface area contributed by atoms with Gasteiger partial charge in [-0.1, -0.05) is 18.5 Å². The Balaban J connectivity index is 2.18. The van der Waals surface area contributed by atoms with E-state index in [9.17, 15) is 9.59 Å². The van der Waals surface area contributed by atoms with E-state index < -0.39 is 0 Å². The van der Waals surface area contributed by atoms with Gasteiger partial charge in [0.15, 0.2) is 0 Å². The first kappa shape index (κ1) is 19.5. The lowest BCUT2D eigenvalue weighted by Crippen LogP contribution is -2.46. The first-order valence-corrected chi connectivity index (χ1v) is 8.65. The van der Waals surface area contributed by atoms with Crippen LogP contribution in [0.25, 0.3) is 0 Å². The molecule has 1 aromatic rings. The van der Waals surface area contributed by atoms with Crippen LogP contribution in [0.1, 0.15) is 17.3 Å². The van der Waals surface area contributed by atoms with Crippen LogP contribution < -0.4 is 15.4 Å². The number of ether oxygens (including phenoxy) is 1. The summed E-state index contributed by atoms with van der Waals surface area (Å²) in [6.45, 7) is 6.60. The maximum Gasteiger partial charge on any atom is 0.255 e.